The van der Waals surface area contributed by atoms with Crippen molar-refractivity contribution in [3.05, 3.63) is 30.3 Å². The molecular formula is C25H43NO2. The highest BCUT2D eigenvalue weighted by atomic mass is 16.5. The zero-order valence-corrected chi connectivity index (χ0v) is 18.2. The van der Waals surface area contributed by atoms with E-state index in [-0.39, 0.29) is 5.97 Å². The van der Waals surface area contributed by atoms with Crippen LogP contribution < -0.4 is 10.1 Å². The largest absolute Gasteiger partial charge is 0.427 e. The van der Waals surface area contributed by atoms with Gasteiger partial charge in [-0.3, -0.25) is 4.79 Å². The zero-order chi connectivity index (χ0) is 20.1. The Hall–Kier alpha value is -1.35. The Kier molecular flexibility index (Phi) is 16.7. The van der Waals surface area contributed by atoms with Gasteiger partial charge in [-0.05, 0) is 44.5 Å². The second-order valence-corrected chi connectivity index (χ2v) is 7.88. The van der Waals surface area contributed by atoms with Gasteiger partial charge in [-0.1, -0.05) is 95.8 Å². The smallest absolute Gasteiger partial charge is 0.311 e. The van der Waals surface area contributed by atoms with Gasteiger partial charge < -0.3 is 10.1 Å². The van der Waals surface area contributed by atoms with E-state index >= 15 is 0 Å². The van der Waals surface area contributed by atoms with E-state index in [9.17, 15) is 4.79 Å². The lowest BCUT2D eigenvalue weighted by molar-refractivity contribution is -0.134. The molecule has 0 aliphatic carbocycles. The molecule has 0 fully saturated rings. The highest BCUT2D eigenvalue weighted by Crippen LogP contribution is 2.12. The molecule has 1 N–H and O–H groups in total. The van der Waals surface area contributed by atoms with E-state index in [0.717, 1.165) is 12.8 Å². The molecule has 3 heteroatoms. The zero-order valence-electron chi connectivity index (χ0n) is 18.2. The summed E-state index contributed by atoms with van der Waals surface area (Å²) >= 11 is 0. The highest BCUT2D eigenvalue weighted by Gasteiger charge is 2.03. The number of hydrogen-bond acceptors (Lipinski definition) is 3. The Bertz CT molecular complexity index is 461. The van der Waals surface area contributed by atoms with Gasteiger partial charge in [0.05, 0.1) is 0 Å². The summed E-state index contributed by atoms with van der Waals surface area (Å²) in [5.41, 5.74) is 0. The van der Waals surface area contributed by atoms with Crippen LogP contribution in [0, 0.1) is 0 Å². The van der Waals surface area contributed by atoms with E-state index in [2.05, 4.69) is 12.2 Å². The number of ether oxygens (including phenoxy) is 1. The highest BCUT2D eigenvalue weighted by molar-refractivity contribution is 5.72. The fraction of sp³-hybridized carbons (Fsp3) is 0.720. The maximum Gasteiger partial charge on any atom is 0.311 e. The molecule has 0 aliphatic rings. The minimum Gasteiger partial charge on any atom is -0.427 e. The van der Waals surface area contributed by atoms with Crippen LogP contribution >= 0.6 is 0 Å². The van der Waals surface area contributed by atoms with Crippen LogP contribution in [0.1, 0.15) is 103 Å². The van der Waals surface area contributed by atoms with Crippen LogP contribution in [-0.2, 0) is 4.79 Å². The third-order valence-corrected chi connectivity index (χ3v) is 5.17. The number of unbranched alkanes of at least 4 members (excludes halogenated alkanes) is 12. The number of rotatable bonds is 19. The monoisotopic (exact) mass is 389 g/mol. The number of benzene rings is 1. The number of para-hydroxylation sites is 1. The van der Waals surface area contributed by atoms with Crippen LogP contribution in [0.15, 0.2) is 30.3 Å². The van der Waals surface area contributed by atoms with Gasteiger partial charge in [0, 0.05) is 6.42 Å². The minimum absolute atomic E-state index is 0.111. The summed E-state index contributed by atoms with van der Waals surface area (Å²) < 4.78 is 5.30. The third kappa shape index (κ3) is 15.7. The van der Waals surface area contributed by atoms with E-state index in [1.165, 1.54) is 90.1 Å². The predicted octanol–water partition coefficient (Wildman–Crippen LogP) is 7.05. The Balaban J connectivity index is 1.74. The van der Waals surface area contributed by atoms with Crippen molar-refractivity contribution in [2.24, 2.45) is 0 Å². The summed E-state index contributed by atoms with van der Waals surface area (Å²) in [6, 6.07) is 9.33. The maximum absolute atomic E-state index is 11.7. The average molecular weight is 390 g/mol. The Morgan fingerprint density at radius 2 is 1.21 bits per heavy atom. The Morgan fingerprint density at radius 1 is 0.714 bits per heavy atom. The second-order valence-electron chi connectivity index (χ2n) is 7.88. The molecule has 3 nitrogen and oxygen atoms in total. The lowest BCUT2D eigenvalue weighted by Crippen LogP contribution is -2.16. The fourth-order valence-corrected chi connectivity index (χ4v) is 3.41. The van der Waals surface area contributed by atoms with Gasteiger partial charge >= 0.3 is 5.97 Å². The molecule has 0 atom stereocenters. The van der Waals surface area contributed by atoms with Crippen LogP contribution in [0.25, 0.3) is 0 Å². The molecule has 28 heavy (non-hydrogen) atoms. The Labute approximate surface area is 173 Å². The second kappa shape index (κ2) is 19.0. The van der Waals surface area contributed by atoms with Crippen LogP contribution in [0.5, 0.6) is 5.75 Å². The summed E-state index contributed by atoms with van der Waals surface area (Å²) in [6.45, 7) is 4.64. The van der Waals surface area contributed by atoms with Crippen molar-refractivity contribution in [1.29, 1.82) is 0 Å². The number of nitrogens with one attached hydrogen (secondary N) is 1. The first-order valence-corrected chi connectivity index (χ1v) is 11.8. The molecule has 0 amide bonds. The standard InChI is InChI=1S/C25H43NO2/c1-2-3-4-5-11-17-22-26-23-18-12-9-7-6-8-10-16-21-25(27)28-24-19-14-13-15-20-24/h13-15,19-20,26H,2-12,16-18,21-23H2,1H3. The van der Waals surface area contributed by atoms with E-state index < -0.39 is 0 Å². The van der Waals surface area contributed by atoms with Crippen LogP contribution in [0.2, 0.25) is 0 Å². The van der Waals surface area contributed by atoms with E-state index in [4.69, 9.17) is 4.74 Å². The SMILES string of the molecule is CCCCCCCCNCCCCCCCCCCC(=O)Oc1ccccc1. The quantitative estimate of drug-likeness (QED) is 0.156. The van der Waals surface area contributed by atoms with Crippen LogP contribution in [0.3, 0.4) is 0 Å². The maximum atomic E-state index is 11.7. The molecule has 1 aromatic carbocycles. The number of carbonyl (C=O) groups is 1. The van der Waals surface area contributed by atoms with Crippen molar-refractivity contribution in [1.82, 2.24) is 5.32 Å². The van der Waals surface area contributed by atoms with Crippen molar-refractivity contribution >= 4 is 5.97 Å². The first-order valence-electron chi connectivity index (χ1n) is 11.8. The van der Waals surface area contributed by atoms with Crippen LogP contribution in [0.4, 0.5) is 0 Å². The number of esters is 1. The van der Waals surface area contributed by atoms with Crippen molar-refractivity contribution in [2.75, 3.05) is 13.1 Å². The average Bonchev–Trinajstić information content (AvgIpc) is 2.71. The minimum atomic E-state index is -0.111. The molecule has 0 spiro atoms. The molecule has 0 aliphatic heterocycles. The van der Waals surface area contributed by atoms with Crippen LogP contribution in [-0.4, -0.2) is 19.1 Å². The summed E-state index contributed by atoms with van der Waals surface area (Å²) in [5.74, 6) is 0.536. The molecule has 0 saturated carbocycles. The molecule has 0 unspecified atom stereocenters. The van der Waals surface area contributed by atoms with E-state index in [1.807, 2.05) is 30.3 Å². The van der Waals surface area contributed by atoms with Crippen molar-refractivity contribution in [3.63, 3.8) is 0 Å². The summed E-state index contributed by atoms with van der Waals surface area (Å²) in [6.07, 6.45) is 18.7. The van der Waals surface area contributed by atoms with Gasteiger partial charge in [0.2, 0.25) is 0 Å². The molecule has 0 bridgehead atoms. The number of carbonyl (C=O) groups excluding carboxylic acids is 1. The normalized spacial score (nSPS) is 10.9. The van der Waals surface area contributed by atoms with Gasteiger partial charge in [-0.15, -0.1) is 0 Å². The van der Waals surface area contributed by atoms with Gasteiger partial charge in [0.25, 0.3) is 0 Å². The van der Waals surface area contributed by atoms with Gasteiger partial charge in [0.15, 0.2) is 0 Å². The first kappa shape index (κ1) is 24.7. The van der Waals surface area contributed by atoms with Gasteiger partial charge in [-0.2, -0.15) is 0 Å². The molecular weight excluding hydrogens is 346 g/mol. The summed E-state index contributed by atoms with van der Waals surface area (Å²) in [7, 11) is 0. The predicted molar refractivity (Wildman–Crippen MR) is 120 cm³/mol. The molecule has 160 valence electrons. The lowest BCUT2D eigenvalue weighted by Gasteiger charge is -2.05. The van der Waals surface area contributed by atoms with Crippen molar-refractivity contribution < 1.29 is 9.53 Å². The molecule has 0 saturated heterocycles. The van der Waals surface area contributed by atoms with Gasteiger partial charge in [0.1, 0.15) is 5.75 Å². The topological polar surface area (TPSA) is 38.3 Å². The molecule has 1 aromatic rings. The molecule has 0 radical (unpaired) electrons. The molecule has 0 heterocycles. The van der Waals surface area contributed by atoms with Crippen molar-refractivity contribution in [2.45, 2.75) is 103 Å². The van der Waals surface area contributed by atoms with E-state index in [0.29, 0.717) is 12.2 Å². The van der Waals surface area contributed by atoms with Gasteiger partial charge in [-0.25, -0.2) is 0 Å². The van der Waals surface area contributed by atoms with E-state index in [1.54, 1.807) is 0 Å². The number of hydrogen-bond donors (Lipinski definition) is 1. The summed E-state index contributed by atoms with van der Waals surface area (Å²) in [5, 5.41) is 3.58. The van der Waals surface area contributed by atoms with Crippen molar-refractivity contribution in [3.8, 4) is 5.75 Å². The Morgan fingerprint density at radius 3 is 1.79 bits per heavy atom. The third-order valence-electron chi connectivity index (χ3n) is 5.17. The fourth-order valence-electron chi connectivity index (χ4n) is 3.41. The molecule has 1 rings (SSSR count). The lowest BCUT2D eigenvalue weighted by atomic mass is 10.1. The molecule has 0 aromatic heterocycles. The first-order chi connectivity index (χ1) is 13.8. The summed E-state index contributed by atoms with van der Waals surface area (Å²) in [4.78, 5) is 11.7.